The van der Waals surface area contributed by atoms with Gasteiger partial charge in [0.25, 0.3) is 0 Å². The number of nitrogens with two attached hydrogens (primary N) is 1. The molecule has 4 N–H and O–H groups in total. The van der Waals surface area contributed by atoms with Gasteiger partial charge in [-0.25, -0.2) is 0 Å². The van der Waals surface area contributed by atoms with E-state index in [1.807, 2.05) is 0 Å². The molecular formula is C10H21N3O. The number of oxime groups is 1. The molecule has 0 amide bonds. The Bertz CT molecular complexity index is 188. The van der Waals surface area contributed by atoms with E-state index in [-0.39, 0.29) is 0 Å². The van der Waals surface area contributed by atoms with E-state index in [0.29, 0.717) is 18.3 Å². The van der Waals surface area contributed by atoms with E-state index in [4.69, 9.17) is 10.9 Å². The Balaban J connectivity index is 2.11. The second-order valence-corrected chi connectivity index (χ2v) is 4.13. The summed E-state index contributed by atoms with van der Waals surface area (Å²) in [4.78, 5) is 0. The number of hydrogen-bond donors (Lipinski definition) is 3. The topological polar surface area (TPSA) is 70.6 Å². The third kappa shape index (κ3) is 3.54. The van der Waals surface area contributed by atoms with Crippen LogP contribution in [0.1, 0.15) is 39.0 Å². The summed E-state index contributed by atoms with van der Waals surface area (Å²) in [6.45, 7) is 3.02. The van der Waals surface area contributed by atoms with Crippen LogP contribution in [0.15, 0.2) is 5.16 Å². The van der Waals surface area contributed by atoms with Crippen molar-refractivity contribution in [1.29, 1.82) is 0 Å². The molecule has 0 bridgehead atoms. The van der Waals surface area contributed by atoms with Crippen LogP contribution in [0.4, 0.5) is 0 Å². The van der Waals surface area contributed by atoms with Crippen molar-refractivity contribution in [3.05, 3.63) is 0 Å². The van der Waals surface area contributed by atoms with Crippen molar-refractivity contribution in [3.63, 3.8) is 0 Å². The van der Waals surface area contributed by atoms with Crippen molar-refractivity contribution >= 4 is 5.84 Å². The third-order valence-electron chi connectivity index (χ3n) is 3.08. The van der Waals surface area contributed by atoms with E-state index < -0.39 is 0 Å². The molecule has 1 saturated carbocycles. The first-order valence-electron chi connectivity index (χ1n) is 5.44. The van der Waals surface area contributed by atoms with Crippen LogP contribution in [-0.4, -0.2) is 23.6 Å². The summed E-state index contributed by atoms with van der Waals surface area (Å²) in [6.07, 6.45) is 6.05. The van der Waals surface area contributed by atoms with Gasteiger partial charge in [0.1, 0.15) is 5.84 Å². The molecule has 1 atom stereocenters. The molecule has 0 aromatic heterocycles. The molecule has 1 rings (SSSR count). The fraction of sp³-hybridized carbons (Fsp3) is 0.900. The Morgan fingerprint density at radius 2 is 2.21 bits per heavy atom. The van der Waals surface area contributed by atoms with Crippen molar-refractivity contribution in [2.45, 2.75) is 45.1 Å². The Morgan fingerprint density at radius 3 is 2.79 bits per heavy atom. The zero-order valence-electron chi connectivity index (χ0n) is 8.87. The highest BCUT2D eigenvalue weighted by atomic mass is 16.4. The minimum atomic E-state index is 0.302. The van der Waals surface area contributed by atoms with Crippen molar-refractivity contribution in [1.82, 2.24) is 5.32 Å². The predicted octanol–water partition coefficient (Wildman–Crippen LogP) is 1.29. The van der Waals surface area contributed by atoms with Gasteiger partial charge in [0.05, 0.1) is 0 Å². The number of hydrogen-bond acceptors (Lipinski definition) is 3. The maximum atomic E-state index is 8.35. The van der Waals surface area contributed by atoms with Gasteiger partial charge in [-0.3, -0.25) is 0 Å². The highest BCUT2D eigenvalue weighted by Gasteiger charge is 2.20. The number of amidine groups is 1. The molecule has 1 aliphatic rings. The third-order valence-corrected chi connectivity index (χ3v) is 3.08. The van der Waals surface area contributed by atoms with E-state index in [9.17, 15) is 0 Å². The van der Waals surface area contributed by atoms with E-state index in [1.165, 1.54) is 25.7 Å². The minimum Gasteiger partial charge on any atom is -0.409 e. The smallest absolute Gasteiger partial charge is 0.140 e. The van der Waals surface area contributed by atoms with Crippen molar-refractivity contribution in [2.75, 3.05) is 6.54 Å². The molecule has 0 unspecified atom stereocenters. The molecule has 4 nitrogen and oxygen atoms in total. The monoisotopic (exact) mass is 199 g/mol. The second kappa shape index (κ2) is 5.86. The molecule has 0 aliphatic heterocycles. The largest absolute Gasteiger partial charge is 0.409 e. The lowest BCUT2D eigenvalue weighted by molar-refractivity contribution is 0.316. The highest BCUT2D eigenvalue weighted by molar-refractivity contribution is 5.79. The lowest BCUT2D eigenvalue weighted by Crippen LogP contribution is -2.34. The van der Waals surface area contributed by atoms with Crippen LogP contribution in [0.2, 0.25) is 0 Å². The first-order chi connectivity index (χ1) is 6.74. The average Bonchev–Trinajstić information content (AvgIpc) is 2.70. The predicted molar refractivity (Wildman–Crippen MR) is 57.4 cm³/mol. The van der Waals surface area contributed by atoms with Gasteiger partial charge in [-0.15, -0.1) is 0 Å². The average molecular weight is 199 g/mol. The molecule has 0 aromatic carbocycles. The normalized spacial score (nSPS) is 21.4. The van der Waals surface area contributed by atoms with Gasteiger partial charge in [0, 0.05) is 19.0 Å². The van der Waals surface area contributed by atoms with Crippen LogP contribution in [0, 0.1) is 5.92 Å². The van der Waals surface area contributed by atoms with Crippen LogP contribution in [0.3, 0.4) is 0 Å². The molecule has 0 radical (unpaired) electrons. The van der Waals surface area contributed by atoms with E-state index >= 15 is 0 Å². The summed E-state index contributed by atoms with van der Waals surface area (Å²) < 4.78 is 0. The second-order valence-electron chi connectivity index (χ2n) is 4.13. The van der Waals surface area contributed by atoms with Crippen LogP contribution in [0.25, 0.3) is 0 Å². The fourth-order valence-electron chi connectivity index (χ4n) is 2.10. The number of nitrogens with one attached hydrogen (secondary N) is 1. The van der Waals surface area contributed by atoms with Gasteiger partial charge >= 0.3 is 0 Å². The SMILES string of the molecule is C[C@@H](NCCC(N)=NO)C1CCCC1. The van der Waals surface area contributed by atoms with Gasteiger partial charge in [-0.1, -0.05) is 18.0 Å². The quantitative estimate of drug-likeness (QED) is 0.270. The molecule has 0 aromatic rings. The molecule has 14 heavy (non-hydrogen) atoms. The maximum Gasteiger partial charge on any atom is 0.140 e. The summed E-state index contributed by atoms with van der Waals surface area (Å²) in [5.41, 5.74) is 5.37. The molecule has 1 aliphatic carbocycles. The standard InChI is InChI=1S/C10H21N3O/c1-8(9-4-2-3-5-9)12-7-6-10(11)13-14/h8-9,12,14H,2-7H2,1H3,(H2,11,13)/t8-/m1/s1. The van der Waals surface area contributed by atoms with E-state index in [2.05, 4.69) is 17.4 Å². The first-order valence-corrected chi connectivity index (χ1v) is 5.44. The summed E-state index contributed by atoms with van der Waals surface area (Å²) in [5.74, 6) is 1.12. The summed E-state index contributed by atoms with van der Waals surface area (Å²) in [7, 11) is 0. The number of nitrogens with zero attached hydrogens (tertiary/aromatic N) is 1. The van der Waals surface area contributed by atoms with Gasteiger partial charge in [0.15, 0.2) is 0 Å². The van der Waals surface area contributed by atoms with Gasteiger partial charge in [-0.05, 0) is 25.7 Å². The Labute approximate surface area is 85.6 Å². The first kappa shape index (κ1) is 11.3. The summed E-state index contributed by atoms with van der Waals surface area (Å²) in [5, 5.41) is 14.7. The lowest BCUT2D eigenvalue weighted by Gasteiger charge is -2.20. The Hall–Kier alpha value is -0.770. The molecule has 0 heterocycles. The summed E-state index contributed by atoms with van der Waals surface area (Å²) in [6, 6.07) is 0.559. The molecule has 82 valence electrons. The van der Waals surface area contributed by atoms with Crippen molar-refractivity contribution in [3.8, 4) is 0 Å². The Kier molecular flexibility index (Phi) is 4.73. The van der Waals surface area contributed by atoms with Crippen LogP contribution in [-0.2, 0) is 0 Å². The van der Waals surface area contributed by atoms with Crippen LogP contribution < -0.4 is 11.1 Å². The Morgan fingerprint density at radius 1 is 1.57 bits per heavy atom. The van der Waals surface area contributed by atoms with Gasteiger partial charge in [-0.2, -0.15) is 0 Å². The molecule has 1 fully saturated rings. The van der Waals surface area contributed by atoms with Gasteiger partial charge < -0.3 is 16.3 Å². The molecule has 0 spiro atoms. The zero-order valence-corrected chi connectivity index (χ0v) is 8.87. The molecule has 0 saturated heterocycles. The van der Waals surface area contributed by atoms with Crippen LogP contribution >= 0.6 is 0 Å². The van der Waals surface area contributed by atoms with E-state index in [0.717, 1.165) is 12.5 Å². The highest BCUT2D eigenvalue weighted by Crippen LogP contribution is 2.27. The van der Waals surface area contributed by atoms with Crippen molar-refractivity contribution < 1.29 is 5.21 Å². The molecule has 4 heteroatoms. The lowest BCUT2D eigenvalue weighted by atomic mass is 10.00. The number of rotatable bonds is 5. The fourth-order valence-corrected chi connectivity index (χ4v) is 2.10. The van der Waals surface area contributed by atoms with Crippen LogP contribution in [0.5, 0.6) is 0 Å². The summed E-state index contributed by atoms with van der Waals surface area (Å²) >= 11 is 0. The maximum absolute atomic E-state index is 8.35. The van der Waals surface area contributed by atoms with Gasteiger partial charge in [0.2, 0.25) is 0 Å². The molecular weight excluding hydrogens is 178 g/mol. The minimum absolute atomic E-state index is 0.302. The zero-order chi connectivity index (χ0) is 10.4. The van der Waals surface area contributed by atoms with E-state index in [1.54, 1.807) is 0 Å². The van der Waals surface area contributed by atoms with Crippen molar-refractivity contribution in [2.24, 2.45) is 16.8 Å².